The van der Waals surface area contributed by atoms with E-state index in [1.54, 1.807) is 5.47 Å². The molecule has 4 unspecified atom stereocenters. The first-order chi connectivity index (χ1) is 26.7. The summed E-state index contributed by atoms with van der Waals surface area (Å²) in [5, 5.41) is -0.112. The van der Waals surface area contributed by atoms with Crippen molar-refractivity contribution in [2.75, 3.05) is 9.80 Å². The summed E-state index contributed by atoms with van der Waals surface area (Å²) < 4.78 is 0. The van der Waals surface area contributed by atoms with Gasteiger partial charge in [-0.1, -0.05) is 176 Å². The summed E-state index contributed by atoms with van der Waals surface area (Å²) in [7, 11) is 0. The van der Waals surface area contributed by atoms with Gasteiger partial charge >= 0.3 is 0 Å². The first-order valence-corrected chi connectivity index (χ1v) is 21.1. The predicted molar refractivity (Wildman–Crippen MR) is 242 cm³/mol. The largest absolute Gasteiger partial charge is 0.335 e. The van der Waals surface area contributed by atoms with Gasteiger partial charge < -0.3 is 9.80 Å². The third-order valence-electron chi connectivity index (χ3n) is 14.5. The van der Waals surface area contributed by atoms with Crippen LogP contribution in [0.1, 0.15) is 105 Å². The number of allylic oxidation sites excluding steroid dienone is 7. The molecule has 2 nitrogen and oxygen atoms in total. The lowest BCUT2D eigenvalue weighted by atomic mass is 9.21. The smallest absolute Gasteiger partial charge is 0.224 e. The zero-order valence-corrected chi connectivity index (χ0v) is 35.2. The Hall–Kier alpha value is -4.76. The topological polar surface area (TPSA) is 6.48 Å². The first-order valence-electron chi connectivity index (χ1n) is 21.1. The Bertz CT molecular complexity index is 2360. The van der Waals surface area contributed by atoms with Crippen molar-refractivity contribution in [2.24, 2.45) is 10.8 Å². The maximum atomic E-state index is 2.78. The van der Waals surface area contributed by atoms with Gasteiger partial charge in [0.25, 0.3) is 0 Å². The lowest BCUT2D eigenvalue weighted by Gasteiger charge is -2.60. The molecule has 5 aliphatic rings. The quantitative estimate of drug-likeness (QED) is 0.193. The fourth-order valence-electron chi connectivity index (χ4n) is 10.6. The minimum atomic E-state index is -0.112. The van der Waals surface area contributed by atoms with Crippen LogP contribution in [0, 0.1) is 10.8 Å². The van der Waals surface area contributed by atoms with Crippen LogP contribution in [0.25, 0.3) is 11.1 Å². The van der Waals surface area contributed by atoms with E-state index in [-0.39, 0.29) is 34.3 Å². The van der Waals surface area contributed by atoms with E-state index in [2.05, 4.69) is 206 Å². The molecule has 2 heterocycles. The highest BCUT2D eigenvalue weighted by Crippen LogP contribution is 2.64. The Balaban J connectivity index is 1.38. The molecule has 3 heteroatoms. The average Bonchev–Trinajstić information content (AvgIpc) is 3.18. The van der Waals surface area contributed by atoms with Crippen molar-refractivity contribution in [3.63, 3.8) is 0 Å². The van der Waals surface area contributed by atoms with Gasteiger partial charge in [-0.15, -0.1) is 0 Å². The molecular formula is C53H59BN2. The van der Waals surface area contributed by atoms with Gasteiger partial charge in [-0.05, 0) is 101 Å². The van der Waals surface area contributed by atoms with Crippen LogP contribution in [0.5, 0.6) is 0 Å². The molecule has 0 spiro atoms. The maximum Gasteiger partial charge on any atom is 0.224 e. The van der Waals surface area contributed by atoms with Crippen LogP contribution < -0.4 is 15.3 Å². The Labute approximate surface area is 337 Å². The Morgan fingerprint density at radius 1 is 0.750 bits per heavy atom. The number of anilines is 3. The number of hydrogen-bond acceptors (Lipinski definition) is 2. The number of fused-ring (bicyclic) bond motifs is 4. The van der Waals surface area contributed by atoms with Gasteiger partial charge in [-0.25, -0.2) is 0 Å². The zero-order chi connectivity index (χ0) is 39.2. The standard InChI is InChI=1S/C53H59BN2/c1-36-32-46-49-47(33-36)56(44-27-19-17-25-41(44)38-22-14-11-15-23-38)48-35-52(8,51(5,6)7)30-31-53(48,9)54(49)42-29-28-39(50(2,3)4)34-45(42)55(46)43-26-18-16-24-40(43)37-20-12-10-13-21-37/h10-22,24-29,33-35,38,46H,23,30-32H2,1-9H3. The maximum absolute atomic E-state index is 2.78. The van der Waals surface area contributed by atoms with Gasteiger partial charge in [0.05, 0.1) is 6.04 Å². The summed E-state index contributed by atoms with van der Waals surface area (Å²) >= 11 is 0. The second kappa shape index (κ2) is 13.2. The highest BCUT2D eigenvalue weighted by atomic mass is 15.2. The average molecular weight is 735 g/mol. The van der Waals surface area contributed by atoms with Crippen molar-refractivity contribution in [3.8, 4) is 11.1 Å². The summed E-state index contributed by atoms with van der Waals surface area (Å²) in [5.74, 6) is 0.339. The molecule has 0 saturated carbocycles. The van der Waals surface area contributed by atoms with Gasteiger partial charge in [-0.2, -0.15) is 0 Å². The van der Waals surface area contributed by atoms with Crippen LogP contribution in [-0.2, 0) is 5.41 Å². The molecule has 284 valence electrons. The van der Waals surface area contributed by atoms with E-state index < -0.39 is 0 Å². The van der Waals surface area contributed by atoms with Crippen LogP contribution in [0.2, 0.25) is 5.31 Å². The second-order valence-corrected chi connectivity index (χ2v) is 19.9. The fourth-order valence-corrected chi connectivity index (χ4v) is 10.6. The minimum Gasteiger partial charge on any atom is -0.335 e. The minimum absolute atomic E-state index is 0.0213. The molecule has 0 fully saturated rings. The lowest BCUT2D eigenvalue weighted by Crippen LogP contribution is -2.63. The first kappa shape index (κ1) is 36.9. The van der Waals surface area contributed by atoms with Gasteiger partial charge in [0.15, 0.2) is 0 Å². The highest BCUT2D eigenvalue weighted by Gasteiger charge is 2.60. The third-order valence-corrected chi connectivity index (χ3v) is 14.5. The monoisotopic (exact) mass is 734 g/mol. The number of nitrogens with zero attached hydrogens (tertiary/aromatic N) is 2. The van der Waals surface area contributed by atoms with Gasteiger partial charge in [0.1, 0.15) is 0 Å². The number of benzene rings is 4. The van der Waals surface area contributed by atoms with Crippen LogP contribution in [-0.4, -0.2) is 12.8 Å². The van der Waals surface area contributed by atoms with Crippen molar-refractivity contribution in [2.45, 2.75) is 111 Å². The molecule has 0 radical (unpaired) electrons. The number of para-hydroxylation sites is 2. The lowest BCUT2D eigenvalue weighted by molar-refractivity contribution is 0.136. The van der Waals surface area contributed by atoms with Crippen molar-refractivity contribution in [1.82, 2.24) is 0 Å². The Kier molecular flexibility index (Phi) is 8.66. The predicted octanol–water partition coefficient (Wildman–Crippen LogP) is 13.6. The van der Waals surface area contributed by atoms with Gasteiger partial charge in [-0.3, -0.25) is 0 Å². The van der Waals surface area contributed by atoms with E-state index in [1.807, 2.05) is 0 Å². The summed E-state index contributed by atoms with van der Waals surface area (Å²) in [6.07, 6.45) is 18.8. The van der Waals surface area contributed by atoms with E-state index in [9.17, 15) is 0 Å². The molecule has 0 bridgehead atoms. The molecule has 2 aliphatic heterocycles. The normalized spacial score (nSPS) is 25.7. The summed E-state index contributed by atoms with van der Waals surface area (Å²) in [4.78, 5) is 5.55. The summed E-state index contributed by atoms with van der Waals surface area (Å²) in [6.45, 7) is 22.2. The van der Waals surface area contributed by atoms with Gasteiger partial charge in [0.2, 0.25) is 6.71 Å². The van der Waals surface area contributed by atoms with E-state index in [0.29, 0.717) is 5.92 Å². The second-order valence-electron chi connectivity index (χ2n) is 19.9. The molecular weight excluding hydrogens is 675 g/mol. The van der Waals surface area contributed by atoms with E-state index in [1.165, 1.54) is 61.7 Å². The SMILES string of the molecule is CC1=CC2=C3B(c4ccc(C(C)(C)C)cc4N(c4ccccc4-c4ccccc4)C3C1)C1(C)CCC(C)(C(C)(C)C)C=C1N2c1ccccc1C1C=CC=CC1. The molecule has 0 amide bonds. The summed E-state index contributed by atoms with van der Waals surface area (Å²) in [6, 6.07) is 37.3. The zero-order valence-electron chi connectivity index (χ0n) is 35.2. The molecule has 56 heavy (non-hydrogen) atoms. The van der Waals surface area contributed by atoms with Gasteiger partial charge in [0, 0.05) is 39.9 Å². The van der Waals surface area contributed by atoms with Crippen LogP contribution in [0.4, 0.5) is 17.1 Å². The molecule has 9 rings (SSSR count). The number of hydrogen-bond donors (Lipinski definition) is 0. The fraction of sp³-hybridized carbons (Fsp3) is 0.358. The molecule has 0 aromatic heterocycles. The molecule has 4 atom stereocenters. The van der Waals surface area contributed by atoms with Crippen LogP contribution in [0.3, 0.4) is 0 Å². The van der Waals surface area contributed by atoms with Crippen LogP contribution >= 0.6 is 0 Å². The van der Waals surface area contributed by atoms with Crippen molar-refractivity contribution >= 4 is 29.2 Å². The van der Waals surface area contributed by atoms with Crippen LogP contribution in [0.15, 0.2) is 156 Å². The van der Waals surface area contributed by atoms with E-state index in [4.69, 9.17) is 0 Å². The Morgan fingerprint density at radius 2 is 1.46 bits per heavy atom. The molecule has 0 N–H and O–H groups in total. The molecule has 0 saturated heterocycles. The number of rotatable bonds is 4. The molecule has 4 aromatic carbocycles. The summed E-state index contributed by atoms with van der Waals surface area (Å²) in [5.41, 5.74) is 16.9. The Morgan fingerprint density at radius 3 is 2.18 bits per heavy atom. The van der Waals surface area contributed by atoms with E-state index >= 15 is 0 Å². The van der Waals surface area contributed by atoms with E-state index in [0.717, 1.165) is 25.7 Å². The molecule has 4 aromatic rings. The molecule has 3 aliphatic carbocycles. The van der Waals surface area contributed by atoms with Crippen molar-refractivity contribution in [3.05, 3.63) is 167 Å². The van der Waals surface area contributed by atoms with Crippen molar-refractivity contribution < 1.29 is 0 Å². The highest BCUT2D eigenvalue weighted by molar-refractivity contribution is 6.85. The van der Waals surface area contributed by atoms with Crippen molar-refractivity contribution in [1.29, 1.82) is 0 Å². The third kappa shape index (κ3) is 5.75.